The fourth-order valence-corrected chi connectivity index (χ4v) is 2.91. The molecule has 2 heterocycles. The number of thioether (sulfide) groups is 1. The summed E-state index contributed by atoms with van der Waals surface area (Å²) in [5, 5.41) is 0.364. The molecule has 1 saturated carbocycles. The summed E-state index contributed by atoms with van der Waals surface area (Å²) >= 11 is 1.28. The van der Waals surface area contributed by atoms with Gasteiger partial charge in [0.1, 0.15) is 5.03 Å². The lowest BCUT2D eigenvalue weighted by atomic mass is 10.2. The number of halogens is 1. The van der Waals surface area contributed by atoms with Crippen molar-refractivity contribution in [1.82, 2.24) is 19.5 Å². The van der Waals surface area contributed by atoms with Crippen LogP contribution < -0.4 is 0 Å². The van der Waals surface area contributed by atoms with Crippen molar-refractivity contribution in [3.63, 3.8) is 0 Å². The number of aromatic nitrogens is 4. The Labute approximate surface area is 137 Å². The Hall–Kier alpha value is -2.21. The van der Waals surface area contributed by atoms with Gasteiger partial charge in [0.25, 0.3) is 0 Å². The molecule has 0 radical (unpaired) electrons. The van der Waals surface area contributed by atoms with Crippen LogP contribution in [0.4, 0.5) is 4.39 Å². The number of nitrogens with zero attached hydrogens (tertiary/aromatic N) is 4. The summed E-state index contributed by atoms with van der Waals surface area (Å²) in [4.78, 5) is 12.8. The van der Waals surface area contributed by atoms with E-state index >= 15 is 0 Å². The standard InChI is InChI=1S/C17H15FN4S/c1-23-17-14(18)8-19-16(21-17)12-4-6-13(7-5-12)22-9-15(20-10-22)11-2-3-11/h4-11H,2-3H2,1H3. The van der Waals surface area contributed by atoms with Gasteiger partial charge in [-0.25, -0.2) is 19.3 Å². The molecule has 0 N–H and O–H groups in total. The molecule has 1 aliphatic rings. The molecule has 4 nitrogen and oxygen atoms in total. The maximum absolute atomic E-state index is 13.5. The molecule has 0 bridgehead atoms. The van der Waals surface area contributed by atoms with Crippen LogP contribution in [0.5, 0.6) is 0 Å². The highest BCUT2D eigenvalue weighted by Gasteiger charge is 2.25. The van der Waals surface area contributed by atoms with E-state index in [1.165, 1.54) is 36.5 Å². The van der Waals surface area contributed by atoms with Crippen molar-refractivity contribution in [1.29, 1.82) is 0 Å². The predicted octanol–water partition coefficient (Wildman–Crippen LogP) is 4.07. The average molecular weight is 326 g/mol. The first-order valence-corrected chi connectivity index (χ1v) is 8.68. The van der Waals surface area contributed by atoms with Gasteiger partial charge in [0.15, 0.2) is 11.6 Å². The first-order valence-electron chi connectivity index (χ1n) is 7.46. The van der Waals surface area contributed by atoms with Crippen molar-refractivity contribution in [3.8, 4) is 17.1 Å². The Morgan fingerprint density at radius 1 is 1.17 bits per heavy atom. The number of hydrogen-bond acceptors (Lipinski definition) is 4. The van der Waals surface area contributed by atoms with E-state index in [1.807, 2.05) is 35.2 Å². The minimum absolute atomic E-state index is 0.364. The van der Waals surface area contributed by atoms with E-state index in [4.69, 9.17) is 0 Å². The van der Waals surface area contributed by atoms with Crippen molar-refractivity contribution in [3.05, 3.63) is 54.5 Å². The van der Waals surface area contributed by atoms with Crippen LogP contribution in [0.1, 0.15) is 24.5 Å². The maximum Gasteiger partial charge on any atom is 0.173 e. The minimum Gasteiger partial charge on any atom is -0.306 e. The van der Waals surface area contributed by atoms with Gasteiger partial charge in [-0.15, -0.1) is 11.8 Å². The Kier molecular flexibility index (Phi) is 3.61. The molecule has 0 unspecified atom stereocenters. The molecule has 0 amide bonds. The molecular formula is C17H15FN4S. The minimum atomic E-state index is -0.385. The molecule has 2 aromatic heterocycles. The topological polar surface area (TPSA) is 43.6 Å². The highest BCUT2D eigenvalue weighted by atomic mass is 32.2. The van der Waals surface area contributed by atoms with Crippen LogP contribution in [-0.4, -0.2) is 25.8 Å². The van der Waals surface area contributed by atoms with Crippen molar-refractivity contribution < 1.29 is 4.39 Å². The summed E-state index contributed by atoms with van der Waals surface area (Å²) < 4.78 is 15.5. The number of imidazole rings is 1. The summed E-state index contributed by atoms with van der Waals surface area (Å²) in [5.74, 6) is 0.795. The van der Waals surface area contributed by atoms with Crippen LogP contribution in [0.15, 0.2) is 48.0 Å². The van der Waals surface area contributed by atoms with Gasteiger partial charge in [0, 0.05) is 23.4 Å². The van der Waals surface area contributed by atoms with Crippen molar-refractivity contribution in [2.75, 3.05) is 6.26 Å². The molecule has 0 aliphatic heterocycles. The zero-order valence-electron chi connectivity index (χ0n) is 12.6. The van der Waals surface area contributed by atoms with Gasteiger partial charge in [-0.1, -0.05) is 0 Å². The molecule has 3 aromatic rings. The largest absolute Gasteiger partial charge is 0.306 e. The monoisotopic (exact) mass is 326 g/mol. The van der Waals surface area contributed by atoms with Crippen LogP contribution in [0.25, 0.3) is 17.1 Å². The van der Waals surface area contributed by atoms with E-state index in [2.05, 4.69) is 21.1 Å². The third-order valence-corrected chi connectivity index (χ3v) is 4.60. The van der Waals surface area contributed by atoms with Gasteiger partial charge in [-0.05, 0) is 43.4 Å². The molecule has 1 aromatic carbocycles. The molecule has 6 heteroatoms. The fourth-order valence-electron chi connectivity index (χ4n) is 2.49. The quantitative estimate of drug-likeness (QED) is 0.535. The van der Waals surface area contributed by atoms with Crippen LogP contribution in [0, 0.1) is 5.82 Å². The highest BCUT2D eigenvalue weighted by molar-refractivity contribution is 7.98. The second kappa shape index (κ2) is 5.77. The maximum atomic E-state index is 13.5. The van der Waals surface area contributed by atoms with Crippen LogP contribution in [0.3, 0.4) is 0 Å². The van der Waals surface area contributed by atoms with Gasteiger partial charge in [-0.3, -0.25) is 0 Å². The lowest BCUT2D eigenvalue weighted by Crippen LogP contribution is -1.95. The Morgan fingerprint density at radius 3 is 2.65 bits per heavy atom. The van der Waals surface area contributed by atoms with E-state index in [9.17, 15) is 4.39 Å². The SMILES string of the molecule is CSc1nc(-c2ccc(-n3cnc(C4CC4)c3)cc2)ncc1F. The number of hydrogen-bond donors (Lipinski definition) is 0. The van der Waals surface area contributed by atoms with Crippen molar-refractivity contribution >= 4 is 11.8 Å². The normalized spacial score (nSPS) is 14.2. The first-order chi connectivity index (χ1) is 11.2. The molecule has 23 heavy (non-hydrogen) atoms. The molecule has 1 aliphatic carbocycles. The van der Waals surface area contributed by atoms with Gasteiger partial charge < -0.3 is 4.57 Å². The van der Waals surface area contributed by atoms with E-state index in [0.717, 1.165) is 11.3 Å². The second-order valence-corrected chi connectivity index (χ2v) is 6.37. The zero-order chi connectivity index (χ0) is 15.8. The molecule has 0 saturated heterocycles. The lowest BCUT2D eigenvalue weighted by molar-refractivity contribution is 0.580. The van der Waals surface area contributed by atoms with E-state index < -0.39 is 0 Å². The van der Waals surface area contributed by atoms with Crippen LogP contribution in [-0.2, 0) is 0 Å². The lowest BCUT2D eigenvalue weighted by Gasteiger charge is -2.05. The second-order valence-electron chi connectivity index (χ2n) is 5.58. The predicted molar refractivity (Wildman–Crippen MR) is 88.3 cm³/mol. The number of benzene rings is 1. The van der Waals surface area contributed by atoms with Crippen molar-refractivity contribution in [2.45, 2.75) is 23.8 Å². The molecular weight excluding hydrogens is 311 g/mol. The summed E-state index contributed by atoms with van der Waals surface area (Å²) in [6.45, 7) is 0. The molecule has 1 fully saturated rings. The molecule has 4 rings (SSSR count). The third-order valence-electron chi connectivity index (χ3n) is 3.93. The van der Waals surface area contributed by atoms with E-state index in [1.54, 1.807) is 6.26 Å². The summed E-state index contributed by atoms with van der Waals surface area (Å²) in [7, 11) is 0. The molecule has 0 atom stereocenters. The Bertz CT molecular complexity index is 840. The smallest absolute Gasteiger partial charge is 0.173 e. The average Bonchev–Trinajstić information content (AvgIpc) is 3.33. The Balaban J connectivity index is 1.62. The van der Waals surface area contributed by atoms with Gasteiger partial charge in [0.05, 0.1) is 18.2 Å². The van der Waals surface area contributed by atoms with Crippen LogP contribution in [0.2, 0.25) is 0 Å². The summed E-state index contributed by atoms with van der Waals surface area (Å²) in [5.41, 5.74) is 3.08. The first kappa shape index (κ1) is 14.4. The fraction of sp³-hybridized carbons (Fsp3) is 0.235. The van der Waals surface area contributed by atoms with Gasteiger partial charge >= 0.3 is 0 Å². The van der Waals surface area contributed by atoms with E-state index in [0.29, 0.717) is 16.8 Å². The van der Waals surface area contributed by atoms with Crippen LogP contribution >= 0.6 is 11.8 Å². The number of rotatable bonds is 4. The summed E-state index contributed by atoms with van der Waals surface area (Å²) in [6, 6.07) is 7.89. The van der Waals surface area contributed by atoms with Gasteiger partial charge in [0.2, 0.25) is 0 Å². The van der Waals surface area contributed by atoms with E-state index in [-0.39, 0.29) is 5.82 Å². The van der Waals surface area contributed by atoms with Crippen molar-refractivity contribution in [2.24, 2.45) is 0 Å². The molecule has 116 valence electrons. The molecule has 0 spiro atoms. The third kappa shape index (κ3) is 2.86. The van der Waals surface area contributed by atoms with Gasteiger partial charge in [-0.2, -0.15) is 0 Å². The summed E-state index contributed by atoms with van der Waals surface area (Å²) in [6.07, 6.45) is 9.45. The Morgan fingerprint density at radius 2 is 1.96 bits per heavy atom. The highest BCUT2D eigenvalue weighted by Crippen LogP contribution is 2.39. The zero-order valence-corrected chi connectivity index (χ0v) is 13.4.